The monoisotopic (exact) mass is 386 g/mol. The number of nitrogens with zero attached hydrogens (tertiary/aromatic N) is 4. The third kappa shape index (κ3) is 4.57. The second-order valence-corrected chi connectivity index (χ2v) is 7.40. The molecule has 8 heteroatoms. The molecule has 0 amide bonds. The summed E-state index contributed by atoms with van der Waals surface area (Å²) in [6, 6.07) is 11.6. The van der Waals surface area contributed by atoms with Crippen LogP contribution in [0.1, 0.15) is 53.8 Å². The fourth-order valence-corrected chi connectivity index (χ4v) is 3.48. The van der Waals surface area contributed by atoms with Gasteiger partial charge in [0.05, 0.1) is 18.0 Å². The number of esters is 1. The molecule has 0 bridgehead atoms. The summed E-state index contributed by atoms with van der Waals surface area (Å²) in [4.78, 5) is 11.5. The first kappa shape index (κ1) is 19.2. The molecule has 7 nitrogen and oxygen atoms in total. The van der Waals surface area contributed by atoms with Crippen molar-refractivity contribution in [3.05, 3.63) is 53.5 Å². The molecule has 0 aliphatic carbocycles. The van der Waals surface area contributed by atoms with Crippen molar-refractivity contribution in [1.82, 2.24) is 20.2 Å². The van der Waals surface area contributed by atoms with Crippen LogP contribution in [0.4, 0.5) is 0 Å². The second-order valence-electron chi connectivity index (χ2n) is 6.10. The summed E-state index contributed by atoms with van der Waals surface area (Å²) in [5.41, 5.74) is 2.21. The molecule has 0 aliphatic rings. The molecule has 1 aromatic carbocycles. The number of unbranched alkanes of at least 4 members (excludes halogenated alkanes) is 1. The first-order valence-electron chi connectivity index (χ1n) is 8.84. The fourth-order valence-electron chi connectivity index (χ4n) is 2.60. The molecular formula is C19H22N4O3S. The normalized spacial score (nSPS) is 12.1. The minimum Gasteiger partial charge on any atom is -0.463 e. The molecule has 3 rings (SSSR count). The Labute approximate surface area is 162 Å². The van der Waals surface area contributed by atoms with Crippen molar-refractivity contribution in [2.24, 2.45) is 0 Å². The van der Waals surface area contributed by atoms with E-state index in [1.54, 1.807) is 16.8 Å². The van der Waals surface area contributed by atoms with Crippen molar-refractivity contribution in [2.75, 3.05) is 7.11 Å². The van der Waals surface area contributed by atoms with Gasteiger partial charge in [0.25, 0.3) is 0 Å². The van der Waals surface area contributed by atoms with Crippen molar-refractivity contribution >= 4 is 17.7 Å². The highest BCUT2D eigenvalue weighted by molar-refractivity contribution is 7.99. The Bertz CT molecular complexity index is 889. The molecule has 2 aromatic heterocycles. The number of rotatable bonds is 8. The Hall–Kier alpha value is -2.61. The molecule has 1 unspecified atom stereocenters. The Balaban J connectivity index is 1.73. The largest absolute Gasteiger partial charge is 0.463 e. The highest BCUT2D eigenvalue weighted by Crippen LogP contribution is 2.35. The predicted octanol–water partition coefficient (Wildman–Crippen LogP) is 4.24. The van der Waals surface area contributed by atoms with Crippen LogP contribution in [0.5, 0.6) is 0 Å². The van der Waals surface area contributed by atoms with E-state index in [0.717, 1.165) is 12.1 Å². The van der Waals surface area contributed by atoms with Crippen LogP contribution < -0.4 is 0 Å². The number of carbonyl (C=O) groups excluding carboxylic acids is 1. The number of benzene rings is 1. The quantitative estimate of drug-likeness (QED) is 0.423. The highest BCUT2D eigenvalue weighted by atomic mass is 32.2. The van der Waals surface area contributed by atoms with Gasteiger partial charge < -0.3 is 9.15 Å². The van der Waals surface area contributed by atoms with Gasteiger partial charge in [0.15, 0.2) is 0 Å². The standard InChI is InChI=1S/C19H22N4O3S/c1-4-5-6-14-7-9-15(10-8-14)23-19(20-21-22-23)27-13(2)16-11-12-17(26-16)18(24)25-3/h7-13H,4-6H2,1-3H3. The van der Waals surface area contributed by atoms with Crippen LogP contribution >= 0.6 is 11.8 Å². The lowest BCUT2D eigenvalue weighted by Gasteiger charge is -2.09. The zero-order valence-electron chi connectivity index (χ0n) is 15.6. The number of tetrazole rings is 1. The van der Waals surface area contributed by atoms with Crippen molar-refractivity contribution in [1.29, 1.82) is 0 Å². The number of hydrogen-bond donors (Lipinski definition) is 0. The lowest BCUT2D eigenvalue weighted by atomic mass is 10.1. The van der Waals surface area contributed by atoms with Crippen molar-refractivity contribution in [2.45, 2.75) is 43.5 Å². The van der Waals surface area contributed by atoms with Crippen molar-refractivity contribution in [3.8, 4) is 5.69 Å². The van der Waals surface area contributed by atoms with E-state index >= 15 is 0 Å². The molecule has 0 saturated heterocycles. The molecule has 2 heterocycles. The van der Waals surface area contributed by atoms with Crippen molar-refractivity contribution < 1.29 is 13.9 Å². The van der Waals surface area contributed by atoms with E-state index in [1.807, 2.05) is 19.1 Å². The van der Waals surface area contributed by atoms with Gasteiger partial charge in [0, 0.05) is 0 Å². The summed E-state index contributed by atoms with van der Waals surface area (Å²) < 4.78 is 11.9. The lowest BCUT2D eigenvalue weighted by molar-refractivity contribution is 0.0563. The first-order chi connectivity index (χ1) is 13.1. The van der Waals surface area contributed by atoms with Crippen LogP contribution in [-0.4, -0.2) is 33.3 Å². The maximum absolute atomic E-state index is 11.5. The fraction of sp³-hybridized carbons (Fsp3) is 0.368. The van der Waals surface area contributed by atoms with E-state index in [4.69, 9.17) is 4.42 Å². The maximum atomic E-state index is 11.5. The third-order valence-electron chi connectivity index (χ3n) is 4.14. The Morgan fingerprint density at radius 2 is 2.04 bits per heavy atom. The summed E-state index contributed by atoms with van der Waals surface area (Å²) in [5, 5.41) is 12.6. The van der Waals surface area contributed by atoms with Crippen molar-refractivity contribution in [3.63, 3.8) is 0 Å². The molecule has 0 N–H and O–H groups in total. The number of methoxy groups -OCH3 is 1. The van der Waals surface area contributed by atoms with E-state index in [1.165, 1.54) is 37.3 Å². The molecular weight excluding hydrogens is 364 g/mol. The van der Waals surface area contributed by atoms with Gasteiger partial charge in [-0.1, -0.05) is 37.2 Å². The number of aromatic nitrogens is 4. The number of furan rings is 1. The predicted molar refractivity (Wildman–Crippen MR) is 102 cm³/mol. The number of carbonyl (C=O) groups is 1. The van der Waals surface area contributed by atoms with Crippen LogP contribution in [-0.2, 0) is 11.2 Å². The Morgan fingerprint density at radius 3 is 2.74 bits per heavy atom. The third-order valence-corrected chi connectivity index (χ3v) is 5.19. The molecule has 0 saturated carbocycles. The topological polar surface area (TPSA) is 83.0 Å². The first-order valence-corrected chi connectivity index (χ1v) is 9.72. The summed E-state index contributed by atoms with van der Waals surface area (Å²) in [6.07, 6.45) is 3.43. The molecule has 1 atom stereocenters. The van der Waals surface area contributed by atoms with E-state index < -0.39 is 5.97 Å². The minimum atomic E-state index is -0.494. The maximum Gasteiger partial charge on any atom is 0.373 e. The van der Waals surface area contributed by atoms with Gasteiger partial charge in [-0.05, 0) is 60.0 Å². The SMILES string of the molecule is CCCCc1ccc(-n2nnnc2SC(C)c2ccc(C(=O)OC)o2)cc1. The number of hydrogen-bond acceptors (Lipinski definition) is 7. The van der Waals surface area contributed by atoms with E-state index in [-0.39, 0.29) is 11.0 Å². The van der Waals surface area contributed by atoms with Gasteiger partial charge in [0.1, 0.15) is 5.76 Å². The smallest absolute Gasteiger partial charge is 0.373 e. The molecule has 3 aromatic rings. The van der Waals surface area contributed by atoms with Crippen LogP contribution in [0.25, 0.3) is 5.69 Å². The number of aryl methyl sites for hydroxylation is 1. The zero-order chi connectivity index (χ0) is 19.2. The van der Waals surface area contributed by atoms with Crippen LogP contribution in [0, 0.1) is 0 Å². The highest BCUT2D eigenvalue weighted by Gasteiger charge is 2.19. The second kappa shape index (κ2) is 8.85. The van der Waals surface area contributed by atoms with Gasteiger partial charge in [-0.25, -0.2) is 4.79 Å². The van der Waals surface area contributed by atoms with Gasteiger partial charge in [-0.15, -0.1) is 5.10 Å². The van der Waals surface area contributed by atoms with E-state index in [0.29, 0.717) is 10.9 Å². The average molecular weight is 386 g/mol. The van der Waals surface area contributed by atoms with Crippen LogP contribution in [0.2, 0.25) is 0 Å². The van der Waals surface area contributed by atoms with Crippen LogP contribution in [0.3, 0.4) is 0 Å². The molecule has 27 heavy (non-hydrogen) atoms. The van der Waals surface area contributed by atoms with E-state index in [9.17, 15) is 4.79 Å². The minimum absolute atomic E-state index is 0.0722. The van der Waals surface area contributed by atoms with Gasteiger partial charge in [0.2, 0.25) is 10.9 Å². The molecule has 0 radical (unpaired) electrons. The average Bonchev–Trinajstić information content (AvgIpc) is 3.36. The van der Waals surface area contributed by atoms with Gasteiger partial charge in [-0.3, -0.25) is 0 Å². The molecule has 0 fully saturated rings. The zero-order valence-corrected chi connectivity index (χ0v) is 16.4. The molecule has 0 aliphatic heterocycles. The number of thioether (sulfide) groups is 1. The summed E-state index contributed by atoms with van der Waals surface area (Å²) in [7, 11) is 1.32. The molecule has 142 valence electrons. The summed E-state index contributed by atoms with van der Waals surface area (Å²) in [6.45, 7) is 4.16. The summed E-state index contributed by atoms with van der Waals surface area (Å²) in [5.74, 6) is 0.346. The Morgan fingerprint density at radius 1 is 1.26 bits per heavy atom. The lowest BCUT2D eigenvalue weighted by Crippen LogP contribution is -2.01. The Kier molecular flexibility index (Phi) is 6.28. The van der Waals surface area contributed by atoms with Crippen LogP contribution in [0.15, 0.2) is 46.0 Å². The molecule has 0 spiro atoms. The van der Waals surface area contributed by atoms with Gasteiger partial charge >= 0.3 is 5.97 Å². The number of ether oxygens (including phenoxy) is 1. The summed E-state index contributed by atoms with van der Waals surface area (Å²) >= 11 is 1.46. The van der Waals surface area contributed by atoms with E-state index in [2.05, 4.69) is 39.3 Å². The van der Waals surface area contributed by atoms with Gasteiger partial charge in [-0.2, -0.15) is 4.68 Å².